The second kappa shape index (κ2) is 3.86. The molecule has 0 radical (unpaired) electrons. The molecule has 1 aromatic rings. The molecule has 14 heavy (non-hydrogen) atoms. The molecular weight excluding hydrogens is 182 g/mol. The normalized spacial score (nSPS) is 22.1. The molecule has 1 aliphatic rings. The van der Waals surface area contributed by atoms with Crippen LogP contribution in [0.3, 0.4) is 0 Å². The van der Waals surface area contributed by atoms with E-state index in [4.69, 9.17) is 4.74 Å². The quantitative estimate of drug-likeness (QED) is 0.619. The zero-order valence-corrected chi connectivity index (χ0v) is 7.73. The Balaban J connectivity index is 2.29. The molecule has 1 atom stereocenters. The third kappa shape index (κ3) is 1.66. The van der Waals surface area contributed by atoms with Crippen LogP contribution in [0, 0.1) is 0 Å². The zero-order chi connectivity index (χ0) is 9.97. The Morgan fingerprint density at radius 2 is 2.00 bits per heavy atom. The predicted octanol–water partition coefficient (Wildman–Crippen LogP) is 0.759. The number of morpholine rings is 1. The minimum atomic E-state index is -0.120. The van der Waals surface area contributed by atoms with Crippen LogP contribution in [0.15, 0.2) is 18.2 Å². The van der Waals surface area contributed by atoms with Crippen LogP contribution in [0.1, 0.15) is 11.6 Å². The van der Waals surface area contributed by atoms with Gasteiger partial charge in [0, 0.05) is 6.54 Å². The van der Waals surface area contributed by atoms with E-state index in [-0.39, 0.29) is 17.5 Å². The van der Waals surface area contributed by atoms with E-state index in [0.29, 0.717) is 18.8 Å². The van der Waals surface area contributed by atoms with Gasteiger partial charge in [-0.2, -0.15) is 0 Å². The average Bonchev–Trinajstić information content (AvgIpc) is 2.19. The van der Waals surface area contributed by atoms with Gasteiger partial charge in [-0.05, 0) is 12.1 Å². The van der Waals surface area contributed by atoms with Crippen LogP contribution >= 0.6 is 0 Å². The third-order valence-corrected chi connectivity index (χ3v) is 2.33. The zero-order valence-electron chi connectivity index (χ0n) is 7.73. The van der Waals surface area contributed by atoms with E-state index in [1.54, 1.807) is 18.2 Å². The topological polar surface area (TPSA) is 61.7 Å². The Bertz CT molecular complexity index is 301. The lowest BCUT2D eigenvalue weighted by Gasteiger charge is -2.25. The minimum absolute atomic E-state index is 0.105. The molecular formula is C10H13NO3. The Morgan fingerprint density at radius 1 is 1.29 bits per heavy atom. The standard InChI is InChI=1S/C10H13NO3/c12-8-2-1-3-9(13)10(8)7-6-14-5-4-11-7/h1-3,7,11-13H,4-6H2. The number of nitrogens with one attached hydrogen (secondary N) is 1. The second-order valence-electron chi connectivity index (χ2n) is 3.29. The van der Waals surface area contributed by atoms with E-state index >= 15 is 0 Å². The van der Waals surface area contributed by atoms with Gasteiger partial charge in [-0.15, -0.1) is 0 Å². The molecule has 0 saturated carbocycles. The first-order valence-corrected chi connectivity index (χ1v) is 4.61. The molecule has 0 aromatic heterocycles. The van der Waals surface area contributed by atoms with E-state index in [0.717, 1.165) is 6.54 Å². The van der Waals surface area contributed by atoms with Crippen LogP contribution < -0.4 is 5.32 Å². The SMILES string of the molecule is Oc1cccc(O)c1C1COCCN1. The maximum absolute atomic E-state index is 9.59. The number of rotatable bonds is 1. The van der Waals surface area contributed by atoms with Crippen LogP contribution in [0.2, 0.25) is 0 Å². The van der Waals surface area contributed by atoms with Gasteiger partial charge in [-0.3, -0.25) is 0 Å². The van der Waals surface area contributed by atoms with Gasteiger partial charge in [0.15, 0.2) is 0 Å². The van der Waals surface area contributed by atoms with E-state index in [1.807, 2.05) is 0 Å². The van der Waals surface area contributed by atoms with Crippen molar-refractivity contribution in [2.24, 2.45) is 0 Å². The molecule has 4 heteroatoms. The summed E-state index contributed by atoms with van der Waals surface area (Å²) in [7, 11) is 0. The van der Waals surface area contributed by atoms with E-state index in [9.17, 15) is 10.2 Å². The summed E-state index contributed by atoms with van der Waals surface area (Å²) in [6.07, 6.45) is 0. The van der Waals surface area contributed by atoms with Crippen molar-refractivity contribution in [3.8, 4) is 11.5 Å². The lowest BCUT2D eigenvalue weighted by molar-refractivity contribution is 0.0752. The van der Waals surface area contributed by atoms with Gasteiger partial charge in [0.25, 0.3) is 0 Å². The summed E-state index contributed by atoms with van der Waals surface area (Å²) in [6, 6.07) is 4.61. The first-order valence-electron chi connectivity index (χ1n) is 4.61. The van der Waals surface area contributed by atoms with Crippen LogP contribution in [-0.2, 0) is 4.74 Å². The third-order valence-electron chi connectivity index (χ3n) is 2.33. The summed E-state index contributed by atoms with van der Waals surface area (Å²) in [6.45, 7) is 1.88. The van der Waals surface area contributed by atoms with Crippen molar-refractivity contribution < 1.29 is 14.9 Å². The number of ether oxygens (including phenoxy) is 1. The fraction of sp³-hybridized carbons (Fsp3) is 0.400. The summed E-state index contributed by atoms with van der Waals surface area (Å²) in [5.74, 6) is 0.209. The van der Waals surface area contributed by atoms with Gasteiger partial charge in [-0.25, -0.2) is 0 Å². The van der Waals surface area contributed by atoms with Crippen LogP contribution in [0.25, 0.3) is 0 Å². The van der Waals surface area contributed by atoms with Gasteiger partial charge in [0.2, 0.25) is 0 Å². The summed E-state index contributed by atoms with van der Waals surface area (Å²) in [4.78, 5) is 0. The average molecular weight is 195 g/mol. The number of phenols is 2. The Morgan fingerprint density at radius 3 is 2.57 bits per heavy atom. The van der Waals surface area contributed by atoms with E-state index in [1.165, 1.54) is 0 Å². The Hall–Kier alpha value is -1.26. The fourth-order valence-corrected chi connectivity index (χ4v) is 1.65. The molecule has 1 saturated heterocycles. The van der Waals surface area contributed by atoms with Crippen molar-refractivity contribution in [3.63, 3.8) is 0 Å². The van der Waals surface area contributed by atoms with Gasteiger partial charge < -0.3 is 20.3 Å². The van der Waals surface area contributed by atoms with Gasteiger partial charge in [0.1, 0.15) is 11.5 Å². The van der Waals surface area contributed by atoms with Crippen molar-refractivity contribution >= 4 is 0 Å². The van der Waals surface area contributed by atoms with Crippen LogP contribution in [-0.4, -0.2) is 30.0 Å². The van der Waals surface area contributed by atoms with E-state index < -0.39 is 0 Å². The summed E-state index contributed by atoms with van der Waals surface area (Å²) in [5.41, 5.74) is 0.521. The Kier molecular flexibility index (Phi) is 2.56. The molecule has 3 N–H and O–H groups in total. The first-order chi connectivity index (χ1) is 6.79. The molecule has 2 rings (SSSR count). The van der Waals surface area contributed by atoms with Crippen molar-refractivity contribution in [1.29, 1.82) is 0 Å². The molecule has 0 spiro atoms. The number of hydrogen-bond acceptors (Lipinski definition) is 4. The second-order valence-corrected chi connectivity index (χ2v) is 3.29. The molecule has 0 bridgehead atoms. The van der Waals surface area contributed by atoms with Crippen molar-refractivity contribution in [1.82, 2.24) is 5.32 Å². The van der Waals surface area contributed by atoms with E-state index in [2.05, 4.69) is 5.32 Å². The van der Waals surface area contributed by atoms with Gasteiger partial charge >= 0.3 is 0 Å². The minimum Gasteiger partial charge on any atom is -0.507 e. The highest BCUT2D eigenvalue weighted by Crippen LogP contribution is 2.33. The monoisotopic (exact) mass is 195 g/mol. The highest BCUT2D eigenvalue weighted by atomic mass is 16.5. The lowest BCUT2D eigenvalue weighted by Crippen LogP contribution is -2.34. The molecule has 76 valence electrons. The predicted molar refractivity (Wildman–Crippen MR) is 51.3 cm³/mol. The number of aromatic hydroxyl groups is 2. The van der Waals surface area contributed by atoms with Crippen molar-refractivity contribution in [3.05, 3.63) is 23.8 Å². The molecule has 1 aromatic carbocycles. The Labute approximate surface area is 82.1 Å². The highest BCUT2D eigenvalue weighted by molar-refractivity contribution is 5.45. The van der Waals surface area contributed by atoms with Gasteiger partial charge in [0.05, 0.1) is 24.8 Å². The molecule has 1 heterocycles. The van der Waals surface area contributed by atoms with Gasteiger partial charge in [-0.1, -0.05) is 6.07 Å². The molecule has 0 aliphatic carbocycles. The van der Waals surface area contributed by atoms with Crippen LogP contribution in [0.4, 0.5) is 0 Å². The summed E-state index contributed by atoms with van der Waals surface area (Å²) in [5, 5.41) is 22.3. The van der Waals surface area contributed by atoms with Crippen molar-refractivity contribution in [2.45, 2.75) is 6.04 Å². The number of hydrogen-bond donors (Lipinski definition) is 3. The lowest BCUT2D eigenvalue weighted by atomic mass is 10.0. The molecule has 1 fully saturated rings. The largest absolute Gasteiger partial charge is 0.507 e. The van der Waals surface area contributed by atoms with Crippen molar-refractivity contribution in [2.75, 3.05) is 19.8 Å². The highest BCUT2D eigenvalue weighted by Gasteiger charge is 2.21. The molecule has 0 amide bonds. The first kappa shape index (κ1) is 9.30. The molecule has 1 unspecified atom stereocenters. The summed E-state index contributed by atoms with van der Waals surface area (Å²) >= 11 is 0. The summed E-state index contributed by atoms with van der Waals surface area (Å²) < 4.78 is 5.26. The molecule has 4 nitrogen and oxygen atoms in total. The maximum atomic E-state index is 9.59. The number of phenolic OH excluding ortho intramolecular Hbond substituents is 2. The van der Waals surface area contributed by atoms with Crippen LogP contribution in [0.5, 0.6) is 11.5 Å². The molecule has 1 aliphatic heterocycles. The maximum Gasteiger partial charge on any atom is 0.124 e. The number of benzene rings is 1. The fourth-order valence-electron chi connectivity index (χ4n) is 1.65. The smallest absolute Gasteiger partial charge is 0.124 e.